The molecule has 1 aromatic heterocycles. The van der Waals surface area contributed by atoms with E-state index in [0.717, 1.165) is 6.42 Å². The van der Waals surface area contributed by atoms with Crippen LogP contribution in [0.15, 0.2) is 21.5 Å². The Morgan fingerprint density at radius 2 is 2.32 bits per heavy atom. The predicted octanol–water partition coefficient (Wildman–Crippen LogP) is 1.37. The first kappa shape index (κ1) is 14.3. The summed E-state index contributed by atoms with van der Waals surface area (Å²) < 4.78 is 0.570. The molecule has 0 bridgehead atoms. The highest BCUT2D eigenvalue weighted by molar-refractivity contribution is 9.10. The van der Waals surface area contributed by atoms with Crippen LogP contribution in [0.1, 0.15) is 30.6 Å². The molecule has 1 aliphatic heterocycles. The first-order valence-electron chi connectivity index (χ1n) is 6.19. The Balaban J connectivity index is 2.35. The Bertz CT molecular complexity index is 553. The number of aliphatic hydroxyl groups is 1. The van der Waals surface area contributed by atoms with Crippen molar-refractivity contribution in [2.45, 2.75) is 25.8 Å². The summed E-state index contributed by atoms with van der Waals surface area (Å²) in [4.78, 5) is 28.2. The molecule has 6 heteroatoms. The fourth-order valence-corrected chi connectivity index (χ4v) is 2.99. The van der Waals surface area contributed by atoms with E-state index in [1.807, 2.05) is 13.8 Å². The first-order valence-corrected chi connectivity index (χ1v) is 6.98. The van der Waals surface area contributed by atoms with Gasteiger partial charge in [0.25, 0.3) is 5.91 Å². The molecule has 1 aromatic rings. The molecule has 1 amide bonds. The van der Waals surface area contributed by atoms with Crippen LogP contribution in [0.2, 0.25) is 0 Å². The van der Waals surface area contributed by atoms with Crippen LogP contribution in [0.3, 0.4) is 0 Å². The smallest absolute Gasteiger partial charge is 0.255 e. The highest BCUT2D eigenvalue weighted by Gasteiger charge is 2.43. The van der Waals surface area contributed by atoms with Crippen molar-refractivity contribution in [2.24, 2.45) is 5.92 Å². The fraction of sp³-hybridized carbons (Fsp3) is 0.538. The molecule has 19 heavy (non-hydrogen) atoms. The minimum absolute atomic E-state index is 0.0628. The normalized spacial score (nSPS) is 21.7. The maximum Gasteiger partial charge on any atom is 0.255 e. The summed E-state index contributed by atoms with van der Waals surface area (Å²) in [7, 11) is 0. The van der Waals surface area contributed by atoms with Gasteiger partial charge in [0.15, 0.2) is 0 Å². The van der Waals surface area contributed by atoms with Gasteiger partial charge in [0, 0.05) is 41.3 Å². The number of aromatic nitrogens is 1. The summed E-state index contributed by atoms with van der Waals surface area (Å²) in [5, 5.41) is 9.37. The van der Waals surface area contributed by atoms with E-state index in [1.54, 1.807) is 4.90 Å². The fourth-order valence-electron chi connectivity index (χ4n) is 2.59. The van der Waals surface area contributed by atoms with Gasteiger partial charge in [-0.3, -0.25) is 9.59 Å². The number of nitrogens with zero attached hydrogens (tertiary/aromatic N) is 1. The van der Waals surface area contributed by atoms with Gasteiger partial charge < -0.3 is 15.0 Å². The van der Waals surface area contributed by atoms with Crippen molar-refractivity contribution in [3.8, 4) is 0 Å². The summed E-state index contributed by atoms with van der Waals surface area (Å²) in [6, 6.07) is 1.30. The molecular weight excluding hydrogens is 312 g/mol. The lowest BCUT2D eigenvalue weighted by molar-refractivity contribution is 0.0549. The van der Waals surface area contributed by atoms with E-state index in [9.17, 15) is 14.7 Å². The van der Waals surface area contributed by atoms with Crippen molar-refractivity contribution in [3.63, 3.8) is 0 Å². The van der Waals surface area contributed by atoms with Crippen LogP contribution in [0.4, 0.5) is 0 Å². The molecule has 0 aromatic carbocycles. The standard InChI is InChI=1S/C13H17BrN2O3/c1-13(2)8(7-17)3-4-16(13)12(19)9-5-11(18)15-6-10(9)14/h5-6,8,17H,3-4,7H2,1-2H3,(H,15,18). The maximum atomic E-state index is 12.6. The molecule has 104 valence electrons. The Labute approximate surface area is 119 Å². The quantitative estimate of drug-likeness (QED) is 0.861. The molecule has 1 aliphatic rings. The van der Waals surface area contributed by atoms with Gasteiger partial charge in [-0.1, -0.05) is 0 Å². The number of hydrogen-bond acceptors (Lipinski definition) is 3. The summed E-state index contributed by atoms with van der Waals surface area (Å²) in [6.07, 6.45) is 2.25. The Morgan fingerprint density at radius 3 is 2.89 bits per heavy atom. The van der Waals surface area contributed by atoms with Gasteiger partial charge in [-0.05, 0) is 36.2 Å². The van der Waals surface area contributed by atoms with E-state index >= 15 is 0 Å². The Morgan fingerprint density at radius 1 is 1.63 bits per heavy atom. The largest absolute Gasteiger partial charge is 0.396 e. The number of amides is 1. The number of halogens is 1. The molecule has 2 rings (SSSR count). The van der Waals surface area contributed by atoms with Crippen LogP contribution in [0, 0.1) is 5.92 Å². The molecule has 0 radical (unpaired) electrons. The summed E-state index contributed by atoms with van der Waals surface area (Å²) in [6.45, 7) is 4.54. The second-order valence-corrected chi connectivity index (χ2v) is 6.19. The van der Waals surface area contributed by atoms with Crippen molar-refractivity contribution in [2.75, 3.05) is 13.2 Å². The Kier molecular flexibility index (Phi) is 3.82. The van der Waals surface area contributed by atoms with Gasteiger partial charge in [0.1, 0.15) is 0 Å². The van der Waals surface area contributed by atoms with Crippen molar-refractivity contribution >= 4 is 21.8 Å². The van der Waals surface area contributed by atoms with Gasteiger partial charge in [0.2, 0.25) is 5.56 Å². The van der Waals surface area contributed by atoms with Crippen LogP contribution in [0.5, 0.6) is 0 Å². The van der Waals surface area contributed by atoms with Crippen molar-refractivity contribution in [3.05, 3.63) is 32.7 Å². The average molecular weight is 329 g/mol. The number of pyridine rings is 1. The lowest BCUT2D eigenvalue weighted by Crippen LogP contribution is -2.47. The lowest BCUT2D eigenvalue weighted by Gasteiger charge is -2.35. The zero-order valence-corrected chi connectivity index (χ0v) is 12.5. The number of rotatable bonds is 2. The van der Waals surface area contributed by atoms with Crippen LogP contribution < -0.4 is 5.56 Å². The molecule has 0 saturated carbocycles. The van der Waals surface area contributed by atoms with E-state index < -0.39 is 5.54 Å². The molecular formula is C13H17BrN2O3. The number of nitrogens with one attached hydrogen (secondary N) is 1. The van der Waals surface area contributed by atoms with Gasteiger partial charge >= 0.3 is 0 Å². The molecule has 0 spiro atoms. The molecule has 1 unspecified atom stereocenters. The van der Waals surface area contributed by atoms with Crippen LogP contribution in [-0.2, 0) is 0 Å². The number of carbonyl (C=O) groups excluding carboxylic acids is 1. The second kappa shape index (κ2) is 5.09. The zero-order valence-electron chi connectivity index (χ0n) is 10.9. The number of likely N-dealkylation sites (tertiary alicyclic amines) is 1. The number of carbonyl (C=O) groups is 1. The monoisotopic (exact) mass is 328 g/mol. The maximum absolute atomic E-state index is 12.6. The van der Waals surface area contributed by atoms with E-state index in [-0.39, 0.29) is 24.0 Å². The number of aromatic amines is 1. The molecule has 5 nitrogen and oxygen atoms in total. The first-order chi connectivity index (χ1) is 8.87. The van der Waals surface area contributed by atoms with Crippen molar-refractivity contribution in [1.29, 1.82) is 0 Å². The minimum atomic E-state index is -0.409. The highest BCUT2D eigenvalue weighted by atomic mass is 79.9. The average Bonchev–Trinajstić information content (AvgIpc) is 2.66. The van der Waals surface area contributed by atoms with Crippen molar-refractivity contribution < 1.29 is 9.90 Å². The number of H-pyrrole nitrogens is 1. The van der Waals surface area contributed by atoms with E-state index in [2.05, 4.69) is 20.9 Å². The molecule has 1 fully saturated rings. The van der Waals surface area contributed by atoms with Crippen molar-refractivity contribution in [1.82, 2.24) is 9.88 Å². The van der Waals surface area contributed by atoms with Crippen LogP contribution in [-0.4, -0.2) is 39.6 Å². The lowest BCUT2D eigenvalue weighted by atomic mass is 9.89. The van der Waals surface area contributed by atoms with Gasteiger partial charge in [0.05, 0.1) is 5.56 Å². The summed E-state index contributed by atoms with van der Waals surface area (Å²) in [5.74, 6) is -0.115. The highest BCUT2D eigenvalue weighted by Crippen LogP contribution is 2.35. The molecule has 0 aliphatic carbocycles. The van der Waals surface area contributed by atoms with E-state index in [4.69, 9.17) is 0 Å². The molecule has 2 N–H and O–H groups in total. The topological polar surface area (TPSA) is 73.4 Å². The third kappa shape index (κ3) is 2.47. The Hall–Kier alpha value is -1.14. The molecule has 1 atom stereocenters. The van der Waals surface area contributed by atoms with E-state index in [1.165, 1.54) is 12.3 Å². The van der Waals surface area contributed by atoms with Crippen LogP contribution in [0.25, 0.3) is 0 Å². The summed E-state index contributed by atoms with van der Waals surface area (Å²) >= 11 is 3.28. The predicted molar refractivity (Wildman–Crippen MR) is 75.1 cm³/mol. The second-order valence-electron chi connectivity index (χ2n) is 5.34. The number of aliphatic hydroxyl groups excluding tert-OH is 1. The third-order valence-corrected chi connectivity index (χ3v) is 4.62. The van der Waals surface area contributed by atoms with Gasteiger partial charge in [-0.15, -0.1) is 0 Å². The molecule has 1 saturated heterocycles. The van der Waals surface area contributed by atoms with Gasteiger partial charge in [-0.2, -0.15) is 0 Å². The van der Waals surface area contributed by atoms with Crippen LogP contribution >= 0.6 is 15.9 Å². The van der Waals surface area contributed by atoms with E-state index in [0.29, 0.717) is 16.6 Å². The molecule has 2 heterocycles. The number of hydrogen-bond donors (Lipinski definition) is 2. The van der Waals surface area contributed by atoms with Gasteiger partial charge in [-0.25, -0.2) is 0 Å². The third-order valence-electron chi connectivity index (χ3n) is 3.97. The summed E-state index contributed by atoms with van der Waals surface area (Å²) in [5.41, 5.74) is -0.355. The SMILES string of the molecule is CC1(C)C(CO)CCN1C(=O)c1cc(=O)[nH]cc1Br. The zero-order chi connectivity index (χ0) is 14.2. The minimum Gasteiger partial charge on any atom is -0.396 e.